The quantitative estimate of drug-likeness (QED) is 0.618. The number of benzene rings is 1. The molecule has 1 aromatic carbocycles. The number of carbonyl (C=O) groups is 1. The highest BCUT2D eigenvalue weighted by Crippen LogP contribution is 2.30. The number of hydrogen-bond donors (Lipinski definition) is 1. The molecule has 1 amide bonds. The molecule has 0 aliphatic carbocycles. The lowest BCUT2D eigenvalue weighted by Gasteiger charge is -2.23. The van der Waals surface area contributed by atoms with Crippen molar-refractivity contribution in [2.75, 3.05) is 5.32 Å². The van der Waals surface area contributed by atoms with E-state index in [0.717, 1.165) is 4.47 Å². The molecular formula is C17H15BrN2O4S2. The van der Waals surface area contributed by atoms with Crippen LogP contribution in [0.5, 0.6) is 0 Å². The molecule has 2 heterocycles. The molecule has 0 bridgehead atoms. The summed E-state index contributed by atoms with van der Waals surface area (Å²) >= 11 is 4.46. The van der Waals surface area contributed by atoms with Crippen LogP contribution >= 0.6 is 27.3 Å². The number of nitrogens with zero attached hydrogens (tertiary/aromatic N) is 1. The third-order valence-electron chi connectivity index (χ3n) is 3.84. The van der Waals surface area contributed by atoms with Crippen molar-refractivity contribution >= 4 is 48.1 Å². The molecule has 0 aliphatic heterocycles. The molecule has 0 atom stereocenters. The third-order valence-corrected chi connectivity index (χ3v) is 7.55. The van der Waals surface area contributed by atoms with Crippen LogP contribution in [0.4, 0.5) is 5.13 Å². The molecule has 0 saturated heterocycles. The molecule has 0 spiro atoms. The van der Waals surface area contributed by atoms with Gasteiger partial charge in [0.2, 0.25) is 5.91 Å². The van der Waals surface area contributed by atoms with Gasteiger partial charge in [0, 0.05) is 9.85 Å². The molecule has 26 heavy (non-hydrogen) atoms. The Balaban J connectivity index is 1.83. The fourth-order valence-corrected chi connectivity index (χ4v) is 4.48. The van der Waals surface area contributed by atoms with Crippen LogP contribution in [-0.2, 0) is 14.6 Å². The fraction of sp³-hybridized carbons (Fsp3) is 0.176. The van der Waals surface area contributed by atoms with Crippen molar-refractivity contribution < 1.29 is 17.6 Å². The van der Waals surface area contributed by atoms with Crippen LogP contribution in [0.3, 0.4) is 0 Å². The molecule has 3 aromatic rings. The van der Waals surface area contributed by atoms with Gasteiger partial charge in [0.1, 0.15) is 10.4 Å². The monoisotopic (exact) mass is 454 g/mol. The number of nitrogens with one attached hydrogen (secondary N) is 1. The zero-order chi connectivity index (χ0) is 18.9. The SMILES string of the molecule is CC(C)(C(=O)Nc1nc(-c2ccco2)cs1)S(=O)(=O)c1ccc(Br)cc1. The van der Waals surface area contributed by atoms with Gasteiger partial charge < -0.3 is 9.73 Å². The van der Waals surface area contributed by atoms with Crippen LogP contribution in [0.1, 0.15) is 13.8 Å². The minimum Gasteiger partial charge on any atom is -0.463 e. The van der Waals surface area contributed by atoms with E-state index < -0.39 is 20.5 Å². The Kier molecular flexibility index (Phi) is 5.05. The van der Waals surface area contributed by atoms with E-state index >= 15 is 0 Å². The van der Waals surface area contributed by atoms with Crippen LogP contribution in [0.15, 0.2) is 61.8 Å². The van der Waals surface area contributed by atoms with E-state index in [9.17, 15) is 13.2 Å². The summed E-state index contributed by atoms with van der Waals surface area (Å²) < 4.78 is 30.1. The standard InChI is InChI=1S/C17H15BrN2O4S2/c1-17(2,26(22,23)12-7-5-11(18)6-8-12)15(21)20-16-19-13(10-25-16)14-4-3-9-24-14/h3-10H,1-2H3,(H,19,20,21). The Bertz CT molecular complexity index is 1020. The van der Waals surface area contributed by atoms with Gasteiger partial charge in [0.15, 0.2) is 20.7 Å². The fourth-order valence-electron chi connectivity index (χ4n) is 2.15. The summed E-state index contributed by atoms with van der Waals surface area (Å²) in [4.78, 5) is 17.0. The average molecular weight is 455 g/mol. The van der Waals surface area contributed by atoms with E-state index in [0.29, 0.717) is 16.6 Å². The molecule has 136 valence electrons. The van der Waals surface area contributed by atoms with Crippen molar-refractivity contribution in [2.24, 2.45) is 0 Å². The molecule has 0 unspecified atom stereocenters. The number of amides is 1. The molecule has 6 nitrogen and oxygen atoms in total. The normalized spacial score (nSPS) is 12.1. The molecule has 2 aromatic heterocycles. The minimum atomic E-state index is -3.89. The number of halogens is 1. The van der Waals surface area contributed by atoms with Crippen LogP contribution in [-0.4, -0.2) is 24.1 Å². The van der Waals surface area contributed by atoms with Crippen molar-refractivity contribution in [3.05, 3.63) is 52.5 Å². The van der Waals surface area contributed by atoms with Crippen LogP contribution in [0.2, 0.25) is 0 Å². The molecular weight excluding hydrogens is 440 g/mol. The molecule has 0 fully saturated rings. The highest BCUT2D eigenvalue weighted by Gasteiger charge is 2.43. The third kappa shape index (κ3) is 3.46. The number of rotatable bonds is 5. The van der Waals surface area contributed by atoms with Crippen molar-refractivity contribution in [2.45, 2.75) is 23.5 Å². The summed E-state index contributed by atoms with van der Waals surface area (Å²) in [6.45, 7) is 2.75. The number of anilines is 1. The largest absolute Gasteiger partial charge is 0.463 e. The van der Waals surface area contributed by atoms with Crippen molar-refractivity contribution in [3.8, 4) is 11.5 Å². The van der Waals surface area contributed by atoms with Gasteiger partial charge >= 0.3 is 0 Å². The number of thiazole rings is 1. The highest BCUT2D eigenvalue weighted by molar-refractivity contribution is 9.10. The second-order valence-electron chi connectivity index (χ2n) is 5.94. The zero-order valence-corrected chi connectivity index (χ0v) is 17.1. The Labute approximate surface area is 163 Å². The highest BCUT2D eigenvalue weighted by atomic mass is 79.9. The number of furan rings is 1. The first-order chi connectivity index (χ1) is 12.2. The zero-order valence-electron chi connectivity index (χ0n) is 13.9. The smallest absolute Gasteiger partial charge is 0.247 e. The van der Waals surface area contributed by atoms with Gasteiger partial charge in [-0.2, -0.15) is 0 Å². The summed E-state index contributed by atoms with van der Waals surface area (Å²) in [7, 11) is -3.89. The maximum absolute atomic E-state index is 12.9. The van der Waals surface area contributed by atoms with Crippen molar-refractivity contribution in [3.63, 3.8) is 0 Å². The molecule has 9 heteroatoms. The number of carbonyl (C=O) groups excluding carboxylic acids is 1. The second kappa shape index (κ2) is 6.98. The number of hydrogen-bond acceptors (Lipinski definition) is 6. The van der Waals surface area contributed by atoms with Gasteiger partial charge in [-0.15, -0.1) is 11.3 Å². The van der Waals surface area contributed by atoms with Gasteiger partial charge in [-0.3, -0.25) is 4.79 Å². The average Bonchev–Trinajstić information content (AvgIpc) is 3.26. The first-order valence-electron chi connectivity index (χ1n) is 7.53. The van der Waals surface area contributed by atoms with Crippen LogP contribution in [0.25, 0.3) is 11.5 Å². The van der Waals surface area contributed by atoms with Gasteiger partial charge in [0.05, 0.1) is 11.2 Å². The summed E-state index contributed by atoms with van der Waals surface area (Å²) in [5, 5.41) is 4.62. The van der Waals surface area contributed by atoms with Gasteiger partial charge in [-0.1, -0.05) is 15.9 Å². The Morgan fingerprint density at radius 1 is 1.23 bits per heavy atom. The van der Waals surface area contributed by atoms with Gasteiger partial charge in [-0.25, -0.2) is 13.4 Å². The summed E-state index contributed by atoms with van der Waals surface area (Å²) in [5.74, 6) is -0.0794. The minimum absolute atomic E-state index is 0.0799. The predicted octanol–water partition coefficient (Wildman–Crippen LogP) is 4.36. The number of sulfone groups is 1. The predicted molar refractivity (Wildman–Crippen MR) is 104 cm³/mol. The molecule has 0 aliphatic rings. The van der Waals surface area contributed by atoms with Crippen LogP contribution < -0.4 is 5.32 Å². The Morgan fingerprint density at radius 3 is 2.54 bits per heavy atom. The molecule has 1 N–H and O–H groups in total. The Morgan fingerprint density at radius 2 is 1.92 bits per heavy atom. The van der Waals surface area contributed by atoms with E-state index in [4.69, 9.17) is 4.42 Å². The van der Waals surface area contributed by atoms with E-state index in [1.165, 1.54) is 43.6 Å². The van der Waals surface area contributed by atoms with E-state index in [-0.39, 0.29) is 4.90 Å². The first-order valence-corrected chi connectivity index (χ1v) is 10.7. The van der Waals surface area contributed by atoms with E-state index in [1.54, 1.807) is 29.6 Å². The second-order valence-corrected chi connectivity index (χ2v) is 10.2. The lowest BCUT2D eigenvalue weighted by atomic mass is 10.2. The maximum Gasteiger partial charge on any atom is 0.247 e. The van der Waals surface area contributed by atoms with Gasteiger partial charge in [0.25, 0.3) is 0 Å². The van der Waals surface area contributed by atoms with Crippen molar-refractivity contribution in [1.29, 1.82) is 0 Å². The van der Waals surface area contributed by atoms with Crippen molar-refractivity contribution in [1.82, 2.24) is 4.98 Å². The molecule has 0 saturated carbocycles. The summed E-state index contributed by atoms with van der Waals surface area (Å²) in [6.07, 6.45) is 1.53. The lowest BCUT2D eigenvalue weighted by molar-refractivity contribution is -0.117. The first kappa shape index (κ1) is 18.8. The van der Waals surface area contributed by atoms with E-state index in [1.807, 2.05) is 0 Å². The Hall–Kier alpha value is -1.97. The topological polar surface area (TPSA) is 89.3 Å². The lowest BCUT2D eigenvalue weighted by Crippen LogP contribution is -2.44. The van der Waals surface area contributed by atoms with Crippen LogP contribution in [0, 0.1) is 0 Å². The number of aromatic nitrogens is 1. The van der Waals surface area contributed by atoms with Gasteiger partial charge in [-0.05, 0) is 50.2 Å². The summed E-state index contributed by atoms with van der Waals surface area (Å²) in [5.41, 5.74) is 0.573. The van der Waals surface area contributed by atoms with E-state index in [2.05, 4.69) is 26.2 Å². The molecule has 0 radical (unpaired) electrons. The summed E-state index contributed by atoms with van der Waals surface area (Å²) in [6, 6.07) is 9.66. The maximum atomic E-state index is 12.9. The molecule has 3 rings (SSSR count).